The lowest BCUT2D eigenvalue weighted by Crippen LogP contribution is -2.29. The van der Waals surface area contributed by atoms with Crippen LogP contribution in [-0.4, -0.2) is 23.9 Å². The maximum atomic E-state index is 14.3. The fourth-order valence-electron chi connectivity index (χ4n) is 5.14. The summed E-state index contributed by atoms with van der Waals surface area (Å²) in [6.45, 7) is 5.80. The van der Waals surface area contributed by atoms with E-state index in [2.05, 4.69) is 0 Å². The third kappa shape index (κ3) is 5.31. The van der Waals surface area contributed by atoms with Gasteiger partial charge in [0.15, 0.2) is 0 Å². The number of rotatable bonds is 7. The zero-order valence-corrected chi connectivity index (χ0v) is 23.2. The van der Waals surface area contributed by atoms with Crippen molar-refractivity contribution in [2.45, 2.75) is 32.7 Å². The van der Waals surface area contributed by atoms with E-state index >= 15 is 0 Å². The molecule has 0 radical (unpaired) electrons. The zero-order valence-electron chi connectivity index (χ0n) is 23.2. The molecule has 1 amide bonds. The summed E-state index contributed by atoms with van der Waals surface area (Å²) < 4.78 is 25.9. The lowest BCUT2D eigenvalue weighted by atomic mass is 9.91. The smallest absolute Gasteiger partial charge is 0.300 e. The van der Waals surface area contributed by atoms with Gasteiger partial charge in [-0.1, -0.05) is 50.2 Å². The van der Waals surface area contributed by atoms with E-state index in [4.69, 9.17) is 9.47 Å². The Bertz CT molecular complexity index is 1660. The molecular formula is C34H30FNO5. The molecule has 6 nitrogen and oxygen atoms in total. The number of carbonyl (C=O) groups excluding carboxylic acids is 2. The molecule has 1 heterocycles. The highest BCUT2D eigenvalue weighted by Crippen LogP contribution is 2.44. The topological polar surface area (TPSA) is 76.1 Å². The van der Waals surface area contributed by atoms with E-state index < -0.39 is 23.5 Å². The van der Waals surface area contributed by atoms with Gasteiger partial charge in [0.2, 0.25) is 0 Å². The number of carbonyl (C=O) groups is 2. The van der Waals surface area contributed by atoms with E-state index in [1.807, 2.05) is 44.2 Å². The molecule has 1 unspecified atom stereocenters. The van der Waals surface area contributed by atoms with Gasteiger partial charge in [0.05, 0.1) is 18.7 Å². The number of benzene rings is 4. The first-order chi connectivity index (χ1) is 19.7. The number of aryl methyl sites for hydroxylation is 1. The van der Waals surface area contributed by atoms with Gasteiger partial charge in [-0.15, -0.1) is 0 Å². The molecule has 0 saturated carbocycles. The molecule has 1 N–H and O–H groups in total. The molecule has 1 aliphatic heterocycles. The van der Waals surface area contributed by atoms with Crippen molar-refractivity contribution in [2.24, 2.45) is 0 Å². The molecule has 5 rings (SSSR count). The van der Waals surface area contributed by atoms with E-state index in [0.29, 0.717) is 33.9 Å². The second kappa shape index (κ2) is 11.3. The molecule has 0 aromatic heterocycles. The lowest BCUT2D eigenvalue weighted by Gasteiger charge is -2.26. The number of aliphatic hydroxyl groups is 1. The van der Waals surface area contributed by atoms with Crippen LogP contribution in [0.3, 0.4) is 0 Å². The quantitative estimate of drug-likeness (QED) is 0.145. The molecule has 4 aromatic carbocycles. The van der Waals surface area contributed by atoms with Gasteiger partial charge in [-0.2, -0.15) is 0 Å². The molecule has 1 aliphatic rings. The molecule has 41 heavy (non-hydrogen) atoms. The number of aliphatic hydroxyl groups excluding tert-OH is 1. The van der Waals surface area contributed by atoms with Crippen molar-refractivity contribution in [3.05, 3.63) is 125 Å². The number of halogens is 1. The van der Waals surface area contributed by atoms with Crippen LogP contribution in [0.15, 0.2) is 96.6 Å². The van der Waals surface area contributed by atoms with Gasteiger partial charge in [0.1, 0.15) is 28.8 Å². The number of anilines is 1. The Morgan fingerprint density at radius 1 is 0.902 bits per heavy atom. The minimum Gasteiger partial charge on any atom is -0.507 e. The van der Waals surface area contributed by atoms with Crippen molar-refractivity contribution in [2.75, 3.05) is 12.0 Å². The maximum Gasteiger partial charge on any atom is 0.300 e. The Morgan fingerprint density at radius 3 is 2.29 bits per heavy atom. The highest BCUT2D eigenvalue weighted by Gasteiger charge is 2.47. The van der Waals surface area contributed by atoms with Crippen LogP contribution in [0.25, 0.3) is 5.76 Å². The average molecular weight is 552 g/mol. The molecule has 0 bridgehead atoms. The molecule has 208 valence electrons. The van der Waals surface area contributed by atoms with E-state index in [0.717, 1.165) is 5.56 Å². The lowest BCUT2D eigenvalue weighted by molar-refractivity contribution is -0.132. The normalized spacial score (nSPS) is 16.3. The summed E-state index contributed by atoms with van der Waals surface area (Å²) >= 11 is 0. The van der Waals surface area contributed by atoms with E-state index in [1.165, 1.54) is 23.1 Å². The first-order valence-corrected chi connectivity index (χ1v) is 13.3. The van der Waals surface area contributed by atoms with Crippen molar-refractivity contribution < 1.29 is 28.6 Å². The van der Waals surface area contributed by atoms with Gasteiger partial charge in [-0.05, 0) is 84.1 Å². The van der Waals surface area contributed by atoms with Crippen molar-refractivity contribution in [1.82, 2.24) is 0 Å². The van der Waals surface area contributed by atoms with Gasteiger partial charge in [0.25, 0.3) is 11.7 Å². The van der Waals surface area contributed by atoms with Crippen LogP contribution in [0.1, 0.15) is 48.1 Å². The van der Waals surface area contributed by atoms with Crippen molar-refractivity contribution in [3.63, 3.8) is 0 Å². The molecule has 0 spiro atoms. The van der Waals surface area contributed by atoms with Gasteiger partial charge < -0.3 is 14.6 Å². The fourth-order valence-corrected chi connectivity index (χ4v) is 5.14. The van der Waals surface area contributed by atoms with Crippen LogP contribution >= 0.6 is 0 Å². The van der Waals surface area contributed by atoms with Crippen LogP contribution in [0.2, 0.25) is 0 Å². The molecular weight excluding hydrogens is 521 g/mol. The SMILES string of the molecule is COc1cc(C)c(/C(O)=C2\C(=O)C(=O)N(c3cccc(F)c3)C2c2cccc(Oc3ccccc3)c2)cc1C(C)C. The first-order valence-electron chi connectivity index (χ1n) is 13.3. The highest BCUT2D eigenvalue weighted by molar-refractivity contribution is 6.51. The molecule has 1 fully saturated rings. The van der Waals surface area contributed by atoms with Crippen LogP contribution in [0, 0.1) is 12.7 Å². The Balaban J connectivity index is 1.72. The predicted molar refractivity (Wildman–Crippen MR) is 156 cm³/mol. The van der Waals surface area contributed by atoms with Crippen LogP contribution < -0.4 is 14.4 Å². The number of hydrogen-bond acceptors (Lipinski definition) is 5. The van der Waals surface area contributed by atoms with E-state index in [1.54, 1.807) is 56.5 Å². The van der Waals surface area contributed by atoms with Gasteiger partial charge in [-0.3, -0.25) is 14.5 Å². The van der Waals surface area contributed by atoms with Gasteiger partial charge >= 0.3 is 0 Å². The summed E-state index contributed by atoms with van der Waals surface area (Å²) in [6, 6.07) is 24.2. The fraction of sp³-hybridized carbons (Fsp3) is 0.176. The van der Waals surface area contributed by atoms with Crippen molar-refractivity contribution in [3.8, 4) is 17.2 Å². The van der Waals surface area contributed by atoms with Crippen molar-refractivity contribution >= 4 is 23.1 Å². The number of para-hydroxylation sites is 1. The summed E-state index contributed by atoms with van der Waals surface area (Å²) in [4.78, 5) is 28.4. The average Bonchev–Trinajstić information content (AvgIpc) is 3.23. The second-order valence-corrected chi connectivity index (χ2v) is 10.2. The highest BCUT2D eigenvalue weighted by atomic mass is 19.1. The van der Waals surface area contributed by atoms with Gasteiger partial charge in [0, 0.05) is 11.3 Å². The molecule has 0 aliphatic carbocycles. The minimum atomic E-state index is -1.04. The second-order valence-electron chi connectivity index (χ2n) is 10.2. The third-order valence-electron chi connectivity index (χ3n) is 7.14. The number of Topliss-reactive ketones (excluding diaryl/α,β-unsaturated/α-hetero) is 1. The van der Waals surface area contributed by atoms with Crippen LogP contribution in [-0.2, 0) is 9.59 Å². The number of methoxy groups -OCH3 is 1. The summed E-state index contributed by atoms with van der Waals surface area (Å²) in [5.74, 6) is -0.800. The monoisotopic (exact) mass is 551 g/mol. The Hall–Kier alpha value is -4.91. The summed E-state index contributed by atoms with van der Waals surface area (Å²) in [5, 5.41) is 11.7. The number of ketones is 1. The van der Waals surface area contributed by atoms with E-state index in [-0.39, 0.29) is 22.9 Å². The minimum absolute atomic E-state index is 0.0643. The molecule has 1 saturated heterocycles. The Kier molecular flexibility index (Phi) is 7.62. The largest absolute Gasteiger partial charge is 0.507 e. The Labute approximate surface area is 238 Å². The number of amides is 1. The van der Waals surface area contributed by atoms with Crippen molar-refractivity contribution in [1.29, 1.82) is 0 Å². The molecule has 4 aromatic rings. The number of hydrogen-bond donors (Lipinski definition) is 1. The molecule has 7 heteroatoms. The first kappa shape index (κ1) is 27.6. The van der Waals surface area contributed by atoms with E-state index in [9.17, 15) is 19.1 Å². The summed E-state index contributed by atoms with van der Waals surface area (Å²) in [6.07, 6.45) is 0. The number of ether oxygens (including phenoxy) is 2. The molecule has 1 atom stereocenters. The predicted octanol–water partition coefficient (Wildman–Crippen LogP) is 7.68. The third-order valence-corrected chi connectivity index (χ3v) is 7.14. The Morgan fingerprint density at radius 2 is 1.61 bits per heavy atom. The van der Waals surface area contributed by atoms with Gasteiger partial charge in [-0.25, -0.2) is 4.39 Å². The number of nitrogens with zero attached hydrogens (tertiary/aromatic N) is 1. The maximum absolute atomic E-state index is 14.3. The zero-order chi connectivity index (χ0) is 29.3. The standard InChI is InChI=1S/C34H30FNO5/c1-20(2)27-19-28(21(3)16-29(27)40-4)32(37)30-31(36(34(39)33(30)38)24-12-9-11-23(35)18-24)22-10-8-15-26(17-22)41-25-13-6-5-7-14-25/h5-20,31,37H,1-4H3/b32-30+. The van der Waals surface area contributed by atoms with Crippen LogP contribution in [0.5, 0.6) is 17.2 Å². The summed E-state index contributed by atoms with van der Waals surface area (Å²) in [5.41, 5.74) is 2.53. The van der Waals surface area contributed by atoms with Crippen LogP contribution in [0.4, 0.5) is 10.1 Å². The summed E-state index contributed by atoms with van der Waals surface area (Å²) in [7, 11) is 1.58.